The van der Waals surface area contributed by atoms with Crippen LogP contribution < -0.4 is 0 Å². The molecule has 5 heteroatoms. The second-order valence-corrected chi connectivity index (χ2v) is 4.49. The summed E-state index contributed by atoms with van der Waals surface area (Å²) < 4.78 is 5.25. The van der Waals surface area contributed by atoms with Crippen LogP contribution in [0.25, 0.3) is 0 Å². The number of carbonyl (C=O) groups excluding carboxylic acids is 1. The molecular weight excluding hydrogens is 210 g/mol. The molecule has 0 spiro atoms. The monoisotopic (exact) mass is 227 g/mol. The van der Waals surface area contributed by atoms with E-state index in [4.69, 9.17) is 9.84 Å². The van der Waals surface area contributed by atoms with E-state index in [0.29, 0.717) is 25.3 Å². The Morgan fingerprint density at radius 1 is 1.38 bits per heavy atom. The molecule has 2 aliphatic heterocycles. The average Bonchev–Trinajstić information content (AvgIpc) is 2.62. The number of ether oxygens (including phenoxy) is 1. The molecule has 2 fully saturated rings. The van der Waals surface area contributed by atoms with Crippen molar-refractivity contribution in [3.8, 4) is 0 Å². The SMILES string of the molecule is O=C(O)C1CCC(=O)N1CC1CCOCC1. The predicted molar refractivity (Wildman–Crippen MR) is 55.9 cm³/mol. The number of carbonyl (C=O) groups is 2. The Morgan fingerprint density at radius 3 is 2.69 bits per heavy atom. The summed E-state index contributed by atoms with van der Waals surface area (Å²) in [6.07, 6.45) is 2.68. The number of aliphatic carboxylic acids is 1. The van der Waals surface area contributed by atoms with Crippen LogP contribution in [0.3, 0.4) is 0 Å². The van der Waals surface area contributed by atoms with Gasteiger partial charge in [-0.2, -0.15) is 0 Å². The molecule has 1 unspecified atom stereocenters. The third-order valence-electron chi connectivity index (χ3n) is 3.41. The van der Waals surface area contributed by atoms with Gasteiger partial charge in [0.15, 0.2) is 0 Å². The van der Waals surface area contributed by atoms with Gasteiger partial charge in [-0.3, -0.25) is 4.79 Å². The van der Waals surface area contributed by atoms with E-state index < -0.39 is 12.0 Å². The number of nitrogens with zero attached hydrogens (tertiary/aromatic N) is 1. The molecule has 2 saturated heterocycles. The highest BCUT2D eigenvalue weighted by Crippen LogP contribution is 2.24. The zero-order valence-corrected chi connectivity index (χ0v) is 9.22. The molecule has 0 bridgehead atoms. The second-order valence-electron chi connectivity index (χ2n) is 4.49. The number of hydrogen-bond acceptors (Lipinski definition) is 3. The minimum atomic E-state index is -0.877. The van der Waals surface area contributed by atoms with Crippen LogP contribution in [0, 0.1) is 5.92 Å². The Labute approximate surface area is 94.4 Å². The van der Waals surface area contributed by atoms with E-state index in [1.165, 1.54) is 0 Å². The number of amides is 1. The molecule has 0 saturated carbocycles. The Balaban J connectivity index is 1.95. The minimum absolute atomic E-state index is 0.0149. The molecule has 0 radical (unpaired) electrons. The van der Waals surface area contributed by atoms with Gasteiger partial charge in [0.25, 0.3) is 0 Å². The number of carboxylic acids is 1. The van der Waals surface area contributed by atoms with Crippen molar-refractivity contribution in [1.82, 2.24) is 4.90 Å². The van der Waals surface area contributed by atoms with Crippen LogP contribution >= 0.6 is 0 Å². The minimum Gasteiger partial charge on any atom is -0.480 e. The van der Waals surface area contributed by atoms with Gasteiger partial charge in [0.1, 0.15) is 6.04 Å². The molecule has 1 amide bonds. The summed E-state index contributed by atoms with van der Waals surface area (Å²) in [6, 6.07) is -0.602. The fourth-order valence-electron chi connectivity index (χ4n) is 2.43. The van der Waals surface area contributed by atoms with Crippen molar-refractivity contribution in [2.75, 3.05) is 19.8 Å². The van der Waals surface area contributed by atoms with E-state index in [-0.39, 0.29) is 5.91 Å². The first-order chi connectivity index (χ1) is 7.68. The van der Waals surface area contributed by atoms with E-state index >= 15 is 0 Å². The molecule has 2 aliphatic rings. The molecule has 2 heterocycles. The van der Waals surface area contributed by atoms with E-state index in [0.717, 1.165) is 26.1 Å². The van der Waals surface area contributed by atoms with Crippen LogP contribution in [-0.4, -0.2) is 47.7 Å². The molecule has 0 aromatic rings. The first-order valence-electron chi connectivity index (χ1n) is 5.78. The van der Waals surface area contributed by atoms with Crippen LogP contribution in [0.5, 0.6) is 0 Å². The molecule has 0 aliphatic carbocycles. The number of rotatable bonds is 3. The zero-order valence-electron chi connectivity index (χ0n) is 9.22. The molecule has 1 N–H and O–H groups in total. The Morgan fingerprint density at radius 2 is 2.06 bits per heavy atom. The smallest absolute Gasteiger partial charge is 0.326 e. The second kappa shape index (κ2) is 4.82. The summed E-state index contributed by atoms with van der Waals surface area (Å²) in [5.41, 5.74) is 0. The van der Waals surface area contributed by atoms with Gasteiger partial charge in [-0.15, -0.1) is 0 Å². The maximum absolute atomic E-state index is 11.6. The van der Waals surface area contributed by atoms with E-state index in [2.05, 4.69) is 0 Å². The molecule has 5 nitrogen and oxygen atoms in total. The van der Waals surface area contributed by atoms with Gasteiger partial charge in [0.2, 0.25) is 5.91 Å². The lowest BCUT2D eigenvalue weighted by Gasteiger charge is -2.29. The highest BCUT2D eigenvalue weighted by molar-refractivity contribution is 5.87. The summed E-state index contributed by atoms with van der Waals surface area (Å²) >= 11 is 0. The normalized spacial score (nSPS) is 27.4. The van der Waals surface area contributed by atoms with Crippen molar-refractivity contribution >= 4 is 11.9 Å². The maximum Gasteiger partial charge on any atom is 0.326 e. The van der Waals surface area contributed by atoms with Crippen LogP contribution in [-0.2, 0) is 14.3 Å². The maximum atomic E-state index is 11.6. The van der Waals surface area contributed by atoms with Crippen LogP contribution in [0.4, 0.5) is 0 Å². The summed E-state index contributed by atoms with van der Waals surface area (Å²) in [5, 5.41) is 9.01. The Bertz CT molecular complexity index is 286. The van der Waals surface area contributed by atoms with Gasteiger partial charge < -0.3 is 14.7 Å². The quantitative estimate of drug-likeness (QED) is 0.762. The van der Waals surface area contributed by atoms with E-state index in [1.807, 2.05) is 0 Å². The number of carboxylic acid groups (broad SMARTS) is 1. The molecule has 0 aromatic carbocycles. The highest BCUT2D eigenvalue weighted by Gasteiger charge is 2.37. The fraction of sp³-hybridized carbons (Fsp3) is 0.818. The first-order valence-corrected chi connectivity index (χ1v) is 5.78. The van der Waals surface area contributed by atoms with E-state index in [1.54, 1.807) is 4.90 Å². The highest BCUT2D eigenvalue weighted by atomic mass is 16.5. The van der Waals surface area contributed by atoms with Crippen molar-refractivity contribution in [2.24, 2.45) is 5.92 Å². The lowest BCUT2D eigenvalue weighted by molar-refractivity contribution is -0.146. The molecule has 2 rings (SSSR count). The van der Waals surface area contributed by atoms with Gasteiger partial charge >= 0.3 is 5.97 Å². The summed E-state index contributed by atoms with van der Waals surface area (Å²) in [7, 11) is 0. The van der Waals surface area contributed by atoms with Crippen molar-refractivity contribution < 1.29 is 19.4 Å². The third-order valence-corrected chi connectivity index (χ3v) is 3.41. The van der Waals surface area contributed by atoms with Gasteiger partial charge in [-0.05, 0) is 25.2 Å². The van der Waals surface area contributed by atoms with Crippen molar-refractivity contribution in [3.63, 3.8) is 0 Å². The van der Waals surface area contributed by atoms with Crippen LogP contribution in [0.2, 0.25) is 0 Å². The first kappa shape index (κ1) is 11.4. The van der Waals surface area contributed by atoms with Gasteiger partial charge in [-0.1, -0.05) is 0 Å². The molecule has 90 valence electrons. The van der Waals surface area contributed by atoms with Gasteiger partial charge in [0.05, 0.1) is 0 Å². The Hall–Kier alpha value is -1.10. The van der Waals surface area contributed by atoms with Crippen LogP contribution in [0.15, 0.2) is 0 Å². The lowest BCUT2D eigenvalue weighted by atomic mass is 9.99. The van der Waals surface area contributed by atoms with Crippen molar-refractivity contribution in [1.29, 1.82) is 0 Å². The zero-order chi connectivity index (χ0) is 11.5. The molecule has 0 aromatic heterocycles. The third kappa shape index (κ3) is 2.35. The lowest BCUT2D eigenvalue weighted by Crippen LogP contribution is -2.42. The molecule has 1 atom stereocenters. The van der Waals surface area contributed by atoms with Crippen molar-refractivity contribution in [3.05, 3.63) is 0 Å². The van der Waals surface area contributed by atoms with E-state index in [9.17, 15) is 9.59 Å². The van der Waals surface area contributed by atoms with Crippen LogP contribution in [0.1, 0.15) is 25.7 Å². The predicted octanol–water partition coefficient (Wildman–Crippen LogP) is 0.489. The Kier molecular flexibility index (Phi) is 3.43. The largest absolute Gasteiger partial charge is 0.480 e. The summed E-state index contributed by atoms with van der Waals surface area (Å²) in [5.74, 6) is -0.491. The van der Waals surface area contributed by atoms with Gasteiger partial charge in [-0.25, -0.2) is 4.79 Å². The van der Waals surface area contributed by atoms with Crippen molar-refractivity contribution in [2.45, 2.75) is 31.7 Å². The van der Waals surface area contributed by atoms with Gasteiger partial charge in [0, 0.05) is 26.2 Å². The summed E-state index contributed by atoms with van der Waals surface area (Å²) in [6.45, 7) is 2.04. The topological polar surface area (TPSA) is 66.8 Å². The molecular formula is C11H17NO4. The molecule has 16 heavy (non-hydrogen) atoms. The number of hydrogen-bond donors (Lipinski definition) is 1. The standard InChI is InChI=1S/C11H17NO4/c13-10-2-1-9(11(14)15)12(10)7-8-3-5-16-6-4-8/h8-9H,1-7H2,(H,14,15). The summed E-state index contributed by atoms with van der Waals surface area (Å²) in [4.78, 5) is 24.1. The average molecular weight is 227 g/mol. The fourth-order valence-corrected chi connectivity index (χ4v) is 2.43. The number of likely N-dealkylation sites (tertiary alicyclic amines) is 1.